The molecule has 0 radical (unpaired) electrons. The van der Waals surface area contributed by atoms with Crippen LogP contribution >= 0.6 is 0 Å². The van der Waals surface area contributed by atoms with Gasteiger partial charge in [0.1, 0.15) is 11.8 Å². The standard InChI is InChI=1S/C17H24N2O5/c1-22-16(20)3-2-9-24-14-6-4-13(5-7-14)11-19-17(21)15-12-23-10-8-18-15/h4-7,15,18H,2-3,8-12H2,1H3,(H,19,21). The Kier molecular flexibility index (Phi) is 7.51. The van der Waals surface area contributed by atoms with Gasteiger partial charge in [-0.2, -0.15) is 0 Å². The molecule has 2 rings (SSSR count). The summed E-state index contributed by atoms with van der Waals surface area (Å²) in [7, 11) is 1.37. The molecule has 0 aliphatic carbocycles. The fraction of sp³-hybridized carbons (Fsp3) is 0.529. The number of carbonyl (C=O) groups excluding carboxylic acids is 2. The Hall–Kier alpha value is -2.12. The molecule has 0 saturated carbocycles. The van der Waals surface area contributed by atoms with Gasteiger partial charge in [0.2, 0.25) is 5.91 Å². The van der Waals surface area contributed by atoms with Crippen LogP contribution in [-0.4, -0.2) is 51.4 Å². The van der Waals surface area contributed by atoms with Crippen molar-refractivity contribution >= 4 is 11.9 Å². The zero-order chi connectivity index (χ0) is 17.2. The van der Waals surface area contributed by atoms with Crippen LogP contribution in [0.15, 0.2) is 24.3 Å². The van der Waals surface area contributed by atoms with Gasteiger partial charge in [-0.25, -0.2) is 0 Å². The molecule has 7 nitrogen and oxygen atoms in total. The van der Waals surface area contributed by atoms with E-state index in [2.05, 4.69) is 15.4 Å². The highest BCUT2D eigenvalue weighted by molar-refractivity contribution is 5.81. The SMILES string of the molecule is COC(=O)CCCOc1ccc(CNC(=O)C2COCCN2)cc1. The van der Waals surface area contributed by atoms with E-state index in [0.29, 0.717) is 45.8 Å². The highest BCUT2D eigenvalue weighted by Gasteiger charge is 2.20. The summed E-state index contributed by atoms with van der Waals surface area (Å²) < 4.78 is 15.4. The monoisotopic (exact) mass is 336 g/mol. The van der Waals surface area contributed by atoms with Gasteiger partial charge < -0.3 is 24.8 Å². The van der Waals surface area contributed by atoms with Gasteiger partial charge in [-0.05, 0) is 24.1 Å². The van der Waals surface area contributed by atoms with Gasteiger partial charge in [-0.1, -0.05) is 12.1 Å². The lowest BCUT2D eigenvalue weighted by atomic mass is 10.2. The van der Waals surface area contributed by atoms with Crippen LogP contribution in [0.5, 0.6) is 5.75 Å². The lowest BCUT2D eigenvalue weighted by Gasteiger charge is -2.22. The summed E-state index contributed by atoms with van der Waals surface area (Å²) in [6.45, 7) is 2.66. The Bertz CT molecular complexity index is 526. The molecule has 1 unspecified atom stereocenters. The van der Waals surface area contributed by atoms with Crippen molar-refractivity contribution in [2.75, 3.05) is 33.5 Å². The van der Waals surface area contributed by atoms with Crippen molar-refractivity contribution in [1.82, 2.24) is 10.6 Å². The molecule has 2 N–H and O–H groups in total. The molecule has 1 atom stereocenters. The van der Waals surface area contributed by atoms with Crippen molar-refractivity contribution in [3.63, 3.8) is 0 Å². The predicted molar refractivity (Wildman–Crippen MR) is 87.6 cm³/mol. The number of nitrogens with one attached hydrogen (secondary N) is 2. The summed E-state index contributed by atoms with van der Waals surface area (Å²) in [6, 6.07) is 7.22. The molecule has 1 fully saturated rings. The lowest BCUT2D eigenvalue weighted by Crippen LogP contribution is -2.51. The van der Waals surface area contributed by atoms with Crippen LogP contribution in [0.4, 0.5) is 0 Å². The minimum atomic E-state index is -0.281. The number of ether oxygens (including phenoxy) is 3. The number of benzene rings is 1. The summed E-state index contributed by atoms with van der Waals surface area (Å²) in [5.74, 6) is 0.442. The van der Waals surface area contributed by atoms with Crippen molar-refractivity contribution in [3.05, 3.63) is 29.8 Å². The number of hydrogen-bond donors (Lipinski definition) is 2. The molecular formula is C17H24N2O5. The first-order valence-corrected chi connectivity index (χ1v) is 8.06. The van der Waals surface area contributed by atoms with Crippen LogP contribution in [0.25, 0.3) is 0 Å². The van der Waals surface area contributed by atoms with Crippen molar-refractivity contribution in [2.24, 2.45) is 0 Å². The van der Waals surface area contributed by atoms with E-state index in [9.17, 15) is 9.59 Å². The van der Waals surface area contributed by atoms with Crippen molar-refractivity contribution < 1.29 is 23.8 Å². The summed E-state index contributed by atoms with van der Waals surface area (Å²) in [6.07, 6.45) is 0.959. The average Bonchev–Trinajstić information content (AvgIpc) is 2.64. The molecule has 0 bridgehead atoms. The second-order valence-corrected chi connectivity index (χ2v) is 5.47. The summed E-state index contributed by atoms with van der Waals surface area (Å²) in [5, 5.41) is 6.00. The minimum absolute atomic E-state index is 0.0576. The topological polar surface area (TPSA) is 85.9 Å². The Morgan fingerprint density at radius 2 is 2.12 bits per heavy atom. The van der Waals surface area contributed by atoms with Gasteiger partial charge in [0.25, 0.3) is 0 Å². The average molecular weight is 336 g/mol. The summed E-state index contributed by atoms with van der Waals surface area (Å²) >= 11 is 0. The van der Waals surface area contributed by atoms with Crippen molar-refractivity contribution in [1.29, 1.82) is 0 Å². The van der Waals surface area contributed by atoms with Crippen molar-refractivity contribution in [3.8, 4) is 5.75 Å². The van der Waals surface area contributed by atoms with E-state index in [1.807, 2.05) is 24.3 Å². The largest absolute Gasteiger partial charge is 0.494 e. The van der Waals surface area contributed by atoms with Crippen LogP contribution in [0.3, 0.4) is 0 Å². The van der Waals surface area contributed by atoms with E-state index >= 15 is 0 Å². The molecular weight excluding hydrogens is 312 g/mol. The second kappa shape index (κ2) is 9.89. The van der Waals surface area contributed by atoms with Gasteiger partial charge in [0.05, 0.1) is 26.9 Å². The van der Waals surface area contributed by atoms with Crippen LogP contribution in [-0.2, 0) is 25.6 Å². The van der Waals surface area contributed by atoms with Gasteiger partial charge in [0.15, 0.2) is 0 Å². The number of esters is 1. The highest BCUT2D eigenvalue weighted by atomic mass is 16.5. The molecule has 0 aromatic heterocycles. The van der Waals surface area contributed by atoms with Crippen molar-refractivity contribution in [2.45, 2.75) is 25.4 Å². The van der Waals surface area contributed by atoms with Gasteiger partial charge >= 0.3 is 5.97 Å². The number of amides is 1. The quantitative estimate of drug-likeness (QED) is 0.535. The molecule has 0 spiro atoms. The van der Waals surface area contributed by atoms with E-state index in [-0.39, 0.29) is 17.9 Å². The first kappa shape index (κ1) is 18.2. The smallest absolute Gasteiger partial charge is 0.305 e. The molecule has 7 heteroatoms. The van der Waals surface area contributed by atoms with Gasteiger partial charge in [0, 0.05) is 19.5 Å². The van der Waals surface area contributed by atoms with Gasteiger partial charge in [-0.15, -0.1) is 0 Å². The lowest BCUT2D eigenvalue weighted by molar-refractivity contribution is -0.140. The third-order valence-corrected chi connectivity index (χ3v) is 3.65. The second-order valence-electron chi connectivity index (χ2n) is 5.47. The van der Waals surface area contributed by atoms with E-state index in [1.54, 1.807) is 0 Å². The normalized spacial score (nSPS) is 17.1. The fourth-order valence-corrected chi connectivity index (χ4v) is 2.26. The predicted octanol–water partition coefficient (Wildman–Crippen LogP) is 0.623. The number of methoxy groups -OCH3 is 1. The van der Waals surface area contributed by atoms with E-state index < -0.39 is 0 Å². The molecule has 1 aromatic rings. The molecule has 24 heavy (non-hydrogen) atoms. The first-order valence-electron chi connectivity index (χ1n) is 8.06. The maximum atomic E-state index is 12.0. The Balaban J connectivity index is 1.67. The maximum absolute atomic E-state index is 12.0. The zero-order valence-electron chi connectivity index (χ0n) is 13.9. The van der Waals surface area contributed by atoms with Crippen LogP contribution < -0.4 is 15.4 Å². The van der Waals surface area contributed by atoms with Crippen LogP contribution in [0.2, 0.25) is 0 Å². The summed E-state index contributed by atoms with van der Waals surface area (Å²) in [5.41, 5.74) is 0.988. The van der Waals surface area contributed by atoms with E-state index in [1.165, 1.54) is 7.11 Å². The molecule has 1 aliphatic heterocycles. The third kappa shape index (κ3) is 6.17. The Morgan fingerprint density at radius 3 is 2.79 bits per heavy atom. The van der Waals surface area contributed by atoms with Crippen LogP contribution in [0, 0.1) is 0 Å². The molecule has 1 aliphatic rings. The number of hydrogen-bond acceptors (Lipinski definition) is 6. The molecule has 1 heterocycles. The molecule has 1 aromatic carbocycles. The van der Waals surface area contributed by atoms with E-state index in [0.717, 1.165) is 11.3 Å². The Labute approximate surface area is 141 Å². The fourth-order valence-electron chi connectivity index (χ4n) is 2.26. The summed E-state index contributed by atoms with van der Waals surface area (Å²) in [4.78, 5) is 23.0. The number of rotatable bonds is 8. The minimum Gasteiger partial charge on any atom is -0.494 e. The third-order valence-electron chi connectivity index (χ3n) is 3.65. The zero-order valence-corrected chi connectivity index (χ0v) is 13.9. The van der Waals surface area contributed by atoms with Crippen LogP contribution in [0.1, 0.15) is 18.4 Å². The van der Waals surface area contributed by atoms with Gasteiger partial charge in [-0.3, -0.25) is 9.59 Å². The molecule has 1 amide bonds. The van der Waals surface area contributed by atoms with E-state index in [4.69, 9.17) is 9.47 Å². The number of morpholine rings is 1. The first-order chi connectivity index (χ1) is 11.7. The maximum Gasteiger partial charge on any atom is 0.305 e. The Morgan fingerprint density at radius 1 is 1.33 bits per heavy atom. The molecule has 132 valence electrons. The highest BCUT2D eigenvalue weighted by Crippen LogP contribution is 2.12. The molecule has 1 saturated heterocycles. The number of carbonyl (C=O) groups is 2.